The van der Waals surface area contributed by atoms with Gasteiger partial charge in [0, 0.05) is 19.6 Å². The van der Waals surface area contributed by atoms with Crippen LogP contribution in [-0.4, -0.2) is 57.6 Å². The van der Waals surface area contributed by atoms with Crippen molar-refractivity contribution in [3.8, 4) is 0 Å². The summed E-state index contributed by atoms with van der Waals surface area (Å²) in [6.45, 7) is 8.44. The highest BCUT2D eigenvalue weighted by atomic mass is 32.2. The molecule has 0 unspecified atom stereocenters. The van der Waals surface area contributed by atoms with E-state index in [1.807, 2.05) is 20.8 Å². The molecule has 6 nitrogen and oxygen atoms in total. The molecule has 0 aromatic rings. The Hall–Kier alpha value is -0.660. The summed E-state index contributed by atoms with van der Waals surface area (Å²) in [4.78, 5) is 11.4. The predicted molar refractivity (Wildman–Crippen MR) is 77.4 cm³/mol. The normalized spacial score (nSPS) is 12.1. The molecule has 0 aromatic carbocycles. The number of hydrogen-bond acceptors (Lipinski definition) is 4. The first kappa shape index (κ1) is 18.3. The average molecular weight is 293 g/mol. The van der Waals surface area contributed by atoms with Crippen LogP contribution in [0, 0.1) is 5.92 Å². The lowest BCUT2D eigenvalue weighted by Crippen LogP contribution is -2.37. The molecular formula is C12H27N3O3S. The van der Waals surface area contributed by atoms with Gasteiger partial charge in [0.25, 0.3) is 0 Å². The van der Waals surface area contributed by atoms with Gasteiger partial charge >= 0.3 is 0 Å². The third-order valence-corrected chi connectivity index (χ3v) is 3.95. The first-order valence-corrected chi connectivity index (χ1v) is 8.54. The molecule has 19 heavy (non-hydrogen) atoms. The van der Waals surface area contributed by atoms with E-state index in [9.17, 15) is 13.2 Å². The van der Waals surface area contributed by atoms with Crippen LogP contribution in [0.3, 0.4) is 0 Å². The fourth-order valence-corrected chi connectivity index (χ4v) is 2.45. The molecule has 0 fully saturated rings. The molecule has 0 saturated carbocycles. The zero-order valence-electron chi connectivity index (χ0n) is 12.4. The van der Waals surface area contributed by atoms with Crippen molar-refractivity contribution in [2.24, 2.45) is 5.92 Å². The Morgan fingerprint density at radius 3 is 2.42 bits per heavy atom. The van der Waals surface area contributed by atoms with Gasteiger partial charge in [-0.05, 0) is 18.9 Å². The third kappa shape index (κ3) is 9.86. The van der Waals surface area contributed by atoms with Gasteiger partial charge in [-0.15, -0.1) is 0 Å². The highest BCUT2D eigenvalue weighted by Gasteiger charge is 2.13. The summed E-state index contributed by atoms with van der Waals surface area (Å²) in [5.74, 6) is 0.418. The number of carbonyl (C=O) groups excluding carboxylic acids is 1. The molecule has 0 aliphatic heterocycles. The van der Waals surface area contributed by atoms with E-state index < -0.39 is 10.0 Å². The van der Waals surface area contributed by atoms with Gasteiger partial charge < -0.3 is 10.6 Å². The van der Waals surface area contributed by atoms with E-state index in [0.717, 1.165) is 0 Å². The molecule has 2 N–H and O–H groups in total. The lowest BCUT2D eigenvalue weighted by atomic mass is 10.2. The van der Waals surface area contributed by atoms with Crippen LogP contribution in [0.5, 0.6) is 0 Å². The Balaban J connectivity index is 3.67. The number of hydrogen-bond donors (Lipinski definition) is 2. The molecular weight excluding hydrogens is 266 g/mol. The number of nitrogens with one attached hydrogen (secondary N) is 2. The van der Waals surface area contributed by atoms with Gasteiger partial charge in [0.2, 0.25) is 15.9 Å². The van der Waals surface area contributed by atoms with Gasteiger partial charge in [-0.25, -0.2) is 12.7 Å². The summed E-state index contributed by atoms with van der Waals surface area (Å²) < 4.78 is 24.1. The SMILES string of the molecule is CCN(CCCNCC(=O)NCC(C)C)S(C)(=O)=O. The van der Waals surface area contributed by atoms with Crippen molar-refractivity contribution in [2.45, 2.75) is 27.2 Å². The van der Waals surface area contributed by atoms with Gasteiger partial charge in [-0.3, -0.25) is 4.79 Å². The summed E-state index contributed by atoms with van der Waals surface area (Å²) in [7, 11) is -3.11. The molecule has 0 aromatic heterocycles. The molecule has 0 aliphatic carbocycles. The maximum Gasteiger partial charge on any atom is 0.233 e. The summed E-state index contributed by atoms with van der Waals surface area (Å²) in [6.07, 6.45) is 1.90. The standard InChI is InChI=1S/C12H27N3O3S/c1-5-15(19(4,17)18)8-6-7-13-10-12(16)14-9-11(2)3/h11,13H,5-10H2,1-4H3,(H,14,16). The molecule has 0 radical (unpaired) electrons. The fourth-order valence-electron chi connectivity index (χ4n) is 1.52. The van der Waals surface area contributed by atoms with Crippen LogP contribution < -0.4 is 10.6 Å². The largest absolute Gasteiger partial charge is 0.355 e. The molecule has 0 heterocycles. The monoisotopic (exact) mass is 293 g/mol. The summed E-state index contributed by atoms with van der Waals surface area (Å²) in [6, 6.07) is 0. The second-order valence-electron chi connectivity index (χ2n) is 4.98. The molecule has 0 aliphatic rings. The molecule has 0 rings (SSSR count). The topological polar surface area (TPSA) is 78.5 Å². The maximum atomic E-state index is 11.4. The van der Waals surface area contributed by atoms with Crippen LogP contribution >= 0.6 is 0 Å². The number of amides is 1. The lowest BCUT2D eigenvalue weighted by Gasteiger charge is -2.17. The summed E-state index contributed by atoms with van der Waals surface area (Å²) in [5.41, 5.74) is 0. The minimum atomic E-state index is -3.11. The quantitative estimate of drug-likeness (QED) is 0.557. The highest BCUT2D eigenvalue weighted by molar-refractivity contribution is 7.88. The van der Waals surface area contributed by atoms with Crippen molar-refractivity contribution in [1.82, 2.24) is 14.9 Å². The van der Waals surface area contributed by atoms with E-state index in [0.29, 0.717) is 38.5 Å². The number of rotatable bonds is 10. The van der Waals surface area contributed by atoms with E-state index in [2.05, 4.69) is 10.6 Å². The van der Waals surface area contributed by atoms with E-state index >= 15 is 0 Å². The minimum absolute atomic E-state index is 0.0239. The molecule has 0 spiro atoms. The average Bonchev–Trinajstić information content (AvgIpc) is 2.29. The van der Waals surface area contributed by atoms with Crippen molar-refractivity contribution in [3.63, 3.8) is 0 Å². The second kappa shape index (κ2) is 9.28. The number of carbonyl (C=O) groups is 1. The Labute approximate surface area is 117 Å². The first-order chi connectivity index (χ1) is 8.77. The highest BCUT2D eigenvalue weighted by Crippen LogP contribution is 1.97. The second-order valence-corrected chi connectivity index (χ2v) is 6.97. The van der Waals surface area contributed by atoms with Gasteiger partial charge in [-0.2, -0.15) is 0 Å². The zero-order valence-corrected chi connectivity index (χ0v) is 13.2. The lowest BCUT2D eigenvalue weighted by molar-refractivity contribution is -0.120. The van der Waals surface area contributed by atoms with Crippen molar-refractivity contribution in [1.29, 1.82) is 0 Å². The van der Waals surface area contributed by atoms with Crippen molar-refractivity contribution < 1.29 is 13.2 Å². The smallest absolute Gasteiger partial charge is 0.233 e. The van der Waals surface area contributed by atoms with Crippen LogP contribution in [0.15, 0.2) is 0 Å². The molecule has 0 saturated heterocycles. The molecule has 0 atom stereocenters. The van der Waals surface area contributed by atoms with Gasteiger partial charge in [0.1, 0.15) is 0 Å². The first-order valence-electron chi connectivity index (χ1n) is 6.70. The summed E-state index contributed by atoms with van der Waals surface area (Å²) >= 11 is 0. The van der Waals surface area contributed by atoms with Gasteiger partial charge in [0.15, 0.2) is 0 Å². The number of sulfonamides is 1. The third-order valence-electron chi connectivity index (χ3n) is 2.58. The fraction of sp³-hybridized carbons (Fsp3) is 0.917. The Morgan fingerprint density at radius 2 is 1.95 bits per heavy atom. The Bertz CT molecular complexity index is 355. The minimum Gasteiger partial charge on any atom is -0.355 e. The number of nitrogens with zero attached hydrogens (tertiary/aromatic N) is 1. The van der Waals surface area contributed by atoms with Crippen LogP contribution in [0.4, 0.5) is 0 Å². The van der Waals surface area contributed by atoms with Crippen molar-refractivity contribution >= 4 is 15.9 Å². The van der Waals surface area contributed by atoms with Crippen LogP contribution in [0.25, 0.3) is 0 Å². The maximum absolute atomic E-state index is 11.4. The van der Waals surface area contributed by atoms with Crippen LogP contribution in [0.1, 0.15) is 27.2 Å². The van der Waals surface area contributed by atoms with Crippen molar-refractivity contribution in [3.05, 3.63) is 0 Å². The Morgan fingerprint density at radius 1 is 1.32 bits per heavy atom. The molecule has 114 valence electrons. The molecule has 7 heteroatoms. The molecule has 1 amide bonds. The predicted octanol–water partition coefficient (Wildman–Crippen LogP) is 0.0198. The summed E-state index contributed by atoms with van der Waals surface area (Å²) in [5, 5.41) is 5.82. The van der Waals surface area contributed by atoms with E-state index in [4.69, 9.17) is 0 Å². The Kier molecular flexibility index (Phi) is 8.95. The van der Waals surface area contributed by atoms with E-state index in [1.165, 1.54) is 10.6 Å². The zero-order chi connectivity index (χ0) is 14.9. The molecule has 0 bridgehead atoms. The van der Waals surface area contributed by atoms with E-state index in [-0.39, 0.29) is 12.5 Å². The van der Waals surface area contributed by atoms with E-state index in [1.54, 1.807) is 0 Å². The van der Waals surface area contributed by atoms with Crippen molar-refractivity contribution in [2.75, 3.05) is 39.0 Å². The van der Waals surface area contributed by atoms with Gasteiger partial charge in [-0.1, -0.05) is 20.8 Å². The van der Waals surface area contributed by atoms with Crippen LogP contribution in [0.2, 0.25) is 0 Å². The van der Waals surface area contributed by atoms with Gasteiger partial charge in [0.05, 0.1) is 12.8 Å². The van der Waals surface area contributed by atoms with Crippen LogP contribution in [-0.2, 0) is 14.8 Å².